The van der Waals surface area contributed by atoms with Gasteiger partial charge in [-0.05, 0) is 30.5 Å². The summed E-state index contributed by atoms with van der Waals surface area (Å²) in [6.45, 7) is -0.0347. The van der Waals surface area contributed by atoms with E-state index in [4.69, 9.17) is 9.84 Å². The number of hydrogen-bond donors (Lipinski definition) is 2. The Kier molecular flexibility index (Phi) is 5.60. The van der Waals surface area contributed by atoms with Crippen LogP contribution in [0.4, 0.5) is 0 Å². The minimum atomic E-state index is -0.887. The first kappa shape index (κ1) is 15.4. The zero-order chi connectivity index (χ0) is 15.1. The van der Waals surface area contributed by atoms with Crippen molar-refractivity contribution in [3.05, 3.63) is 29.8 Å². The highest BCUT2D eigenvalue weighted by Crippen LogP contribution is 2.17. The first-order chi connectivity index (χ1) is 10.1. The zero-order valence-electron chi connectivity index (χ0n) is 12.0. The first-order valence-corrected chi connectivity index (χ1v) is 7.36. The normalized spacial score (nSPS) is 15.4. The van der Waals surface area contributed by atoms with Crippen LogP contribution in [0.5, 0.6) is 5.75 Å². The molecule has 1 aromatic rings. The third kappa shape index (κ3) is 5.45. The largest absolute Gasteiger partial charge is 0.484 e. The lowest BCUT2D eigenvalue weighted by molar-refractivity contribution is -0.136. The number of rotatable bonds is 6. The van der Waals surface area contributed by atoms with Crippen molar-refractivity contribution >= 4 is 11.9 Å². The predicted molar refractivity (Wildman–Crippen MR) is 78.3 cm³/mol. The highest BCUT2D eigenvalue weighted by molar-refractivity contribution is 5.77. The molecule has 0 bridgehead atoms. The molecule has 1 fully saturated rings. The van der Waals surface area contributed by atoms with Gasteiger partial charge < -0.3 is 15.2 Å². The lowest BCUT2D eigenvalue weighted by atomic mass is 9.95. The summed E-state index contributed by atoms with van der Waals surface area (Å²) in [5.74, 6) is -0.486. The number of amides is 1. The monoisotopic (exact) mass is 291 g/mol. The molecule has 0 aromatic heterocycles. The Morgan fingerprint density at radius 2 is 2.00 bits per heavy atom. The molecule has 0 radical (unpaired) electrons. The molecule has 1 saturated carbocycles. The Hall–Kier alpha value is -2.04. The minimum absolute atomic E-state index is 0.0347. The van der Waals surface area contributed by atoms with E-state index >= 15 is 0 Å². The van der Waals surface area contributed by atoms with Crippen molar-refractivity contribution < 1.29 is 19.4 Å². The average molecular weight is 291 g/mol. The summed E-state index contributed by atoms with van der Waals surface area (Å²) in [6.07, 6.45) is 5.62. The third-order valence-electron chi connectivity index (χ3n) is 3.59. The molecular formula is C16H21NO4. The van der Waals surface area contributed by atoms with Gasteiger partial charge in [0, 0.05) is 6.04 Å². The number of aliphatic carboxylic acids is 1. The van der Waals surface area contributed by atoms with Gasteiger partial charge in [-0.3, -0.25) is 9.59 Å². The van der Waals surface area contributed by atoms with Crippen molar-refractivity contribution in [2.45, 2.75) is 44.6 Å². The fourth-order valence-corrected chi connectivity index (χ4v) is 2.58. The maximum Gasteiger partial charge on any atom is 0.307 e. The minimum Gasteiger partial charge on any atom is -0.484 e. The van der Waals surface area contributed by atoms with Gasteiger partial charge in [0.25, 0.3) is 5.91 Å². The van der Waals surface area contributed by atoms with Crippen LogP contribution in [0.2, 0.25) is 0 Å². The van der Waals surface area contributed by atoms with Crippen LogP contribution in [0, 0.1) is 0 Å². The van der Waals surface area contributed by atoms with E-state index in [2.05, 4.69) is 5.32 Å². The summed E-state index contributed by atoms with van der Waals surface area (Å²) in [6, 6.07) is 7.10. The molecule has 2 N–H and O–H groups in total. The summed E-state index contributed by atoms with van der Waals surface area (Å²) in [5.41, 5.74) is 0.660. The Balaban J connectivity index is 1.79. The van der Waals surface area contributed by atoms with Crippen LogP contribution in [0.15, 0.2) is 24.3 Å². The summed E-state index contributed by atoms with van der Waals surface area (Å²) < 4.78 is 5.43. The SMILES string of the molecule is O=C(O)Cc1cccc(OCC(=O)NC2CCCCC2)c1. The number of carboxylic acids is 1. The summed E-state index contributed by atoms with van der Waals surface area (Å²) in [5, 5.41) is 11.7. The van der Waals surface area contributed by atoms with Crippen molar-refractivity contribution in [1.82, 2.24) is 5.32 Å². The van der Waals surface area contributed by atoms with Gasteiger partial charge in [0.1, 0.15) is 5.75 Å². The number of ether oxygens (including phenoxy) is 1. The van der Waals surface area contributed by atoms with E-state index in [1.165, 1.54) is 19.3 Å². The first-order valence-electron chi connectivity index (χ1n) is 7.36. The molecular weight excluding hydrogens is 270 g/mol. The molecule has 21 heavy (non-hydrogen) atoms. The van der Waals surface area contributed by atoms with Crippen molar-refractivity contribution in [1.29, 1.82) is 0 Å². The molecule has 1 aromatic carbocycles. The highest BCUT2D eigenvalue weighted by atomic mass is 16.5. The van der Waals surface area contributed by atoms with Crippen LogP contribution < -0.4 is 10.1 Å². The second-order valence-corrected chi connectivity index (χ2v) is 5.41. The van der Waals surface area contributed by atoms with Crippen LogP contribution in [-0.2, 0) is 16.0 Å². The van der Waals surface area contributed by atoms with E-state index < -0.39 is 5.97 Å². The van der Waals surface area contributed by atoms with Gasteiger partial charge in [0.05, 0.1) is 6.42 Å². The van der Waals surface area contributed by atoms with Gasteiger partial charge >= 0.3 is 5.97 Å². The summed E-state index contributed by atoms with van der Waals surface area (Å²) in [7, 11) is 0. The van der Waals surface area contributed by atoms with Crippen LogP contribution in [0.3, 0.4) is 0 Å². The highest BCUT2D eigenvalue weighted by Gasteiger charge is 2.15. The van der Waals surface area contributed by atoms with E-state index in [0.717, 1.165) is 12.8 Å². The number of carboxylic acid groups (broad SMARTS) is 1. The predicted octanol–water partition coefficient (Wildman–Crippen LogP) is 2.14. The van der Waals surface area contributed by atoms with E-state index in [9.17, 15) is 9.59 Å². The van der Waals surface area contributed by atoms with Crippen molar-refractivity contribution in [3.63, 3.8) is 0 Å². The van der Waals surface area contributed by atoms with Crippen LogP contribution in [-0.4, -0.2) is 29.6 Å². The molecule has 0 saturated heterocycles. The Labute approximate surface area is 124 Å². The second-order valence-electron chi connectivity index (χ2n) is 5.41. The maximum absolute atomic E-state index is 11.8. The van der Waals surface area contributed by atoms with E-state index in [1.54, 1.807) is 24.3 Å². The molecule has 0 spiro atoms. The molecule has 5 nitrogen and oxygen atoms in total. The topological polar surface area (TPSA) is 75.6 Å². The van der Waals surface area contributed by atoms with E-state index in [1.807, 2.05) is 0 Å². The standard InChI is InChI=1S/C16H21NO4/c18-15(17-13-6-2-1-3-7-13)11-21-14-8-4-5-12(9-14)10-16(19)20/h4-5,8-9,13H,1-3,6-7,10-11H2,(H,17,18)(H,19,20). The Morgan fingerprint density at radius 1 is 1.24 bits per heavy atom. The van der Waals surface area contributed by atoms with Crippen molar-refractivity contribution in [3.8, 4) is 5.75 Å². The van der Waals surface area contributed by atoms with Crippen molar-refractivity contribution in [2.75, 3.05) is 6.61 Å². The second kappa shape index (κ2) is 7.67. The summed E-state index contributed by atoms with van der Waals surface area (Å²) >= 11 is 0. The van der Waals surface area contributed by atoms with Gasteiger partial charge in [0.15, 0.2) is 6.61 Å². The average Bonchev–Trinajstić information content (AvgIpc) is 2.46. The van der Waals surface area contributed by atoms with Gasteiger partial charge in [-0.15, -0.1) is 0 Å². The van der Waals surface area contributed by atoms with Gasteiger partial charge in [-0.2, -0.15) is 0 Å². The zero-order valence-corrected chi connectivity index (χ0v) is 12.0. The Bertz CT molecular complexity index is 495. The fraction of sp³-hybridized carbons (Fsp3) is 0.500. The smallest absolute Gasteiger partial charge is 0.307 e. The molecule has 0 heterocycles. The molecule has 5 heteroatoms. The van der Waals surface area contributed by atoms with Crippen LogP contribution in [0.1, 0.15) is 37.7 Å². The molecule has 1 aliphatic carbocycles. The number of carbonyl (C=O) groups is 2. The Morgan fingerprint density at radius 3 is 2.71 bits per heavy atom. The van der Waals surface area contributed by atoms with Crippen molar-refractivity contribution in [2.24, 2.45) is 0 Å². The van der Waals surface area contributed by atoms with Gasteiger partial charge in [-0.25, -0.2) is 0 Å². The van der Waals surface area contributed by atoms with Crippen LogP contribution in [0.25, 0.3) is 0 Å². The third-order valence-corrected chi connectivity index (χ3v) is 3.59. The quantitative estimate of drug-likeness (QED) is 0.842. The molecule has 2 rings (SSSR count). The number of carbonyl (C=O) groups excluding carboxylic acids is 1. The maximum atomic E-state index is 11.8. The molecule has 114 valence electrons. The number of benzene rings is 1. The molecule has 0 atom stereocenters. The van der Waals surface area contributed by atoms with Crippen LogP contribution >= 0.6 is 0 Å². The summed E-state index contributed by atoms with van der Waals surface area (Å²) in [4.78, 5) is 22.5. The van der Waals surface area contributed by atoms with Gasteiger partial charge in [0.2, 0.25) is 0 Å². The lowest BCUT2D eigenvalue weighted by Crippen LogP contribution is -2.38. The molecule has 0 aliphatic heterocycles. The molecule has 1 aliphatic rings. The fourth-order valence-electron chi connectivity index (χ4n) is 2.58. The van der Waals surface area contributed by atoms with Gasteiger partial charge in [-0.1, -0.05) is 31.4 Å². The molecule has 1 amide bonds. The van der Waals surface area contributed by atoms with E-state index in [0.29, 0.717) is 11.3 Å². The number of nitrogens with one attached hydrogen (secondary N) is 1. The molecule has 0 unspecified atom stereocenters. The number of hydrogen-bond acceptors (Lipinski definition) is 3. The van der Waals surface area contributed by atoms with E-state index in [-0.39, 0.29) is 25.0 Å². The lowest BCUT2D eigenvalue weighted by Gasteiger charge is -2.22.